The van der Waals surface area contributed by atoms with Crippen molar-refractivity contribution in [2.75, 3.05) is 13.1 Å². The van der Waals surface area contributed by atoms with Gasteiger partial charge in [0.2, 0.25) is 5.91 Å². The van der Waals surface area contributed by atoms with Crippen LogP contribution in [0.15, 0.2) is 29.4 Å². The van der Waals surface area contributed by atoms with Gasteiger partial charge >= 0.3 is 0 Å². The van der Waals surface area contributed by atoms with Gasteiger partial charge in [0.05, 0.1) is 5.25 Å². The van der Waals surface area contributed by atoms with Crippen LogP contribution < -0.4 is 4.74 Å². The summed E-state index contributed by atoms with van der Waals surface area (Å²) in [5.41, 5.74) is 0. The fourth-order valence-electron chi connectivity index (χ4n) is 2.66. The molecular formula is C17H21ClN4O2S. The van der Waals surface area contributed by atoms with Crippen LogP contribution in [-0.4, -0.2) is 43.9 Å². The number of benzene rings is 1. The van der Waals surface area contributed by atoms with Crippen molar-refractivity contribution in [3.63, 3.8) is 0 Å². The van der Waals surface area contributed by atoms with Crippen molar-refractivity contribution in [1.29, 1.82) is 0 Å². The van der Waals surface area contributed by atoms with Gasteiger partial charge in [-0.1, -0.05) is 23.4 Å². The van der Waals surface area contributed by atoms with Crippen molar-refractivity contribution in [2.24, 2.45) is 7.05 Å². The molecule has 1 aliphatic heterocycles. The van der Waals surface area contributed by atoms with Crippen molar-refractivity contribution in [1.82, 2.24) is 19.7 Å². The predicted octanol–water partition coefficient (Wildman–Crippen LogP) is 3.15. The van der Waals surface area contributed by atoms with Crippen LogP contribution in [0.25, 0.3) is 0 Å². The summed E-state index contributed by atoms with van der Waals surface area (Å²) in [6.45, 7) is 3.95. The lowest BCUT2D eigenvalue weighted by atomic mass is 10.3. The molecule has 1 saturated heterocycles. The number of carbonyl (C=O) groups is 1. The Bertz CT molecular complexity index is 729. The second kappa shape index (κ2) is 8.10. The quantitative estimate of drug-likeness (QED) is 0.720. The number of nitrogens with zero attached hydrogens (tertiary/aromatic N) is 4. The first-order valence-corrected chi connectivity index (χ1v) is 9.52. The maximum Gasteiger partial charge on any atom is 0.235 e. The third-order valence-corrected chi connectivity index (χ3v) is 5.53. The largest absolute Gasteiger partial charge is 0.486 e. The summed E-state index contributed by atoms with van der Waals surface area (Å²) in [6, 6.07) is 7.18. The number of likely N-dealkylation sites (tertiary alicyclic amines) is 1. The van der Waals surface area contributed by atoms with E-state index in [0.29, 0.717) is 17.5 Å². The van der Waals surface area contributed by atoms with Crippen LogP contribution >= 0.6 is 23.4 Å². The van der Waals surface area contributed by atoms with E-state index in [0.717, 1.165) is 36.8 Å². The first kappa shape index (κ1) is 18.1. The molecule has 6 nitrogen and oxygen atoms in total. The molecule has 25 heavy (non-hydrogen) atoms. The number of aromatic nitrogens is 3. The zero-order chi connectivity index (χ0) is 17.8. The third-order valence-electron chi connectivity index (χ3n) is 4.15. The summed E-state index contributed by atoms with van der Waals surface area (Å²) in [7, 11) is 1.88. The van der Waals surface area contributed by atoms with Crippen LogP contribution in [-0.2, 0) is 18.4 Å². The summed E-state index contributed by atoms with van der Waals surface area (Å²) < 4.78 is 7.58. The molecule has 1 atom stereocenters. The summed E-state index contributed by atoms with van der Waals surface area (Å²) in [4.78, 5) is 14.3. The molecule has 2 heterocycles. The van der Waals surface area contributed by atoms with E-state index in [-0.39, 0.29) is 11.2 Å². The number of hydrogen-bond acceptors (Lipinski definition) is 5. The van der Waals surface area contributed by atoms with Gasteiger partial charge in [0, 0.05) is 25.2 Å². The van der Waals surface area contributed by atoms with Crippen molar-refractivity contribution in [3.8, 4) is 5.75 Å². The van der Waals surface area contributed by atoms with E-state index >= 15 is 0 Å². The predicted molar refractivity (Wildman–Crippen MR) is 97.9 cm³/mol. The Kier molecular flexibility index (Phi) is 5.86. The van der Waals surface area contributed by atoms with E-state index in [2.05, 4.69) is 10.2 Å². The van der Waals surface area contributed by atoms with Crippen LogP contribution in [0.3, 0.4) is 0 Å². The average molecular weight is 381 g/mol. The minimum atomic E-state index is -0.175. The van der Waals surface area contributed by atoms with Gasteiger partial charge in [-0.3, -0.25) is 4.79 Å². The van der Waals surface area contributed by atoms with Crippen LogP contribution in [0, 0.1) is 0 Å². The molecule has 8 heteroatoms. The number of thioether (sulfide) groups is 1. The van der Waals surface area contributed by atoms with Crippen molar-refractivity contribution >= 4 is 29.3 Å². The molecule has 3 rings (SSSR count). The maximum atomic E-state index is 12.4. The number of carbonyl (C=O) groups excluding carboxylic acids is 1. The minimum absolute atomic E-state index is 0.171. The molecule has 1 aromatic carbocycles. The highest BCUT2D eigenvalue weighted by molar-refractivity contribution is 8.00. The molecule has 1 amide bonds. The van der Waals surface area contributed by atoms with E-state index in [1.165, 1.54) is 11.8 Å². The monoisotopic (exact) mass is 380 g/mol. The molecule has 1 unspecified atom stereocenters. The van der Waals surface area contributed by atoms with Gasteiger partial charge in [-0.25, -0.2) is 0 Å². The minimum Gasteiger partial charge on any atom is -0.486 e. The van der Waals surface area contributed by atoms with Gasteiger partial charge in [-0.05, 0) is 44.0 Å². The molecule has 2 aromatic rings. The number of hydrogen-bond donors (Lipinski definition) is 0. The maximum absolute atomic E-state index is 12.4. The van der Waals surface area contributed by atoms with Crippen molar-refractivity contribution < 1.29 is 9.53 Å². The summed E-state index contributed by atoms with van der Waals surface area (Å²) in [6.07, 6.45) is 2.19. The van der Waals surface area contributed by atoms with Crippen molar-refractivity contribution in [3.05, 3.63) is 35.1 Å². The SMILES string of the molecule is CC(Sc1nnc(COc2ccc(Cl)cc2)n1C)C(=O)N1CCCC1. The molecule has 0 bridgehead atoms. The molecule has 1 aromatic heterocycles. The summed E-state index contributed by atoms with van der Waals surface area (Å²) in [5, 5.41) is 9.58. The van der Waals surface area contributed by atoms with E-state index in [4.69, 9.17) is 16.3 Å². The molecule has 1 fully saturated rings. The van der Waals surface area contributed by atoms with Crippen molar-refractivity contribution in [2.45, 2.75) is 36.8 Å². The number of rotatable bonds is 6. The van der Waals surface area contributed by atoms with Gasteiger partial charge in [0.1, 0.15) is 12.4 Å². The van der Waals surface area contributed by atoms with Crippen LogP contribution in [0.4, 0.5) is 0 Å². The molecule has 0 N–H and O–H groups in total. The molecule has 1 aliphatic rings. The average Bonchev–Trinajstić information content (AvgIpc) is 3.25. The van der Waals surface area contributed by atoms with E-state index < -0.39 is 0 Å². The van der Waals surface area contributed by atoms with Gasteiger partial charge in [-0.15, -0.1) is 10.2 Å². The molecule has 0 aliphatic carbocycles. The Morgan fingerprint density at radius 2 is 1.96 bits per heavy atom. The highest BCUT2D eigenvalue weighted by Gasteiger charge is 2.25. The number of ether oxygens (including phenoxy) is 1. The first-order valence-electron chi connectivity index (χ1n) is 8.26. The van der Waals surface area contributed by atoms with Crippen LogP contribution in [0.2, 0.25) is 5.02 Å². The van der Waals surface area contributed by atoms with Crippen LogP contribution in [0.1, 0.15) is 25.6 Å². The highest BCUT2D eigenvalue weighted by atomic mass is 35.5. The Balaban J connectivity index is 1.58. The zero-order valence-corrected chi connectivity index (χ0v) is 15.9. The Morgan fingerprint density at radius 1 is 1.28 bits per heavy atom. The van der Waals surface area contributed by atoms with Crippen LogP contribution in [0.5, 0.6) is 5.75 Å². The highest BCUT2D eigenvalue weighted by Crippen LogP contribution is 2.25. The fourth-order valence-corrected chi connectivity index (χ4v) is 3.70. The second-order valence-electron chi connectivity index (χ2n) is 5.99. The Hall–Kier alpha value is -1.73. The molecule has 0 spiro atoms. The lowest BCUT2D eigenvalue weighted by molar-refractivity contribution is -0.129. The molecular weight excluding hydrogens is 360 g/mol. The molecule has 134 valence electrons. The molecule has 0 saturated carbocycles. The fraction of sp³-hybridized carbons (Fsp3) is 0.471. The van der Waals surface area contributed by atoms with E-state index in [9.17, 15) is 4.79 Å². The van der Waals surface area contributed by atoms with E-state index in [1.807, 2.05) is 35.6 Å². The first-order chi connectivity index (χ1) is 12.0. The Labute approximate surface area is 156 Å². The van der Waals surface area contributed by atoms with Gasteiger partial charge < -0.3 is 14.2 Å². The smallest absolute Gasteiger partial charge is 0.235 e. The third kappa shape index (κ3) is 4.46. The topological polar surface area (TPSA) is 60.3 Å². The summed E-state index contributed by atoms with van der Waals surface area (Å²) >= 11 is 7.30. The number of halogens is 1. The zero-order valence-electron chi connectivity index (χ0n) is 14.3. The summed E-state index contributed by atoms with van der Waals surface area (Å²) in [5.74, 6) is 1.60. The van der Waals surface area contributed by atoms with Gasteiger partial charge in [0.25, 0.3) is 0 Å². The van der Waals surface area contributed by atoms with E-state index in [1.54, 1.807) is 12.1 Å². The lowest BCUT2D eigenvalue weighted by Gasteiger charge is -2.19. The lowest BCUT2D eigenvalue weighted by Crippen LogP contribution is -2.34. The van der Waals surface area contributed by atoms with Gasteiger partial charge in [0.15, 0.2) is 11.0 Å². The van der Waals surface area contributed by atoms with Gasteiger partial charge in [-0.2, -0.15) is 0 Å². The second-order valence-corrected chi connectivity index (χ2v) is 7.74. The normalized spacial score (nSPS) is 15.4. The Morgan fingerprint density at radius 3 is 2.64 bits per heavy atom. The number of amides is 1. The standard InChI is InChI=1S/C17H21ClN4O2S/c1-12(16(23)22-9-3-4-10-22)25-17-20-19-15(21(17)2)11-24-14-7-5-13(18)6-8-14/h5-8,12H,3-4,9-11H2,1-2H3. The molecule has 0 radical (unpaired) electrons.